The molecule has 7 heteroatoms. The molecule has 0 radical (unpaired) electrons. The summed E-state index contributed by atoms with van der Waals surface area (Å²) >= 11 is 3.15. The lowest BCUT2D eigenvalue weighted by atomic mass is 10.4. The lowest BCUT2D eigenvalue weighted by molar-refractivity contribution is -0.132. The summed E-state index contributed by atoms with van der Waals surface area (Å²) in [6, 6.07) is 5.88. The average molecular weight is 319 g/mol. The molecule has 3 aromatic heterocycles. The van der Waals surface area contributed by atoms with Gasteiger partial charge in [0.2, 0.25) is 5.88 Å². The van der Waals surface area contributed by atoms with E-state index in [4.69, 9.17) is 4.74 Å². The minimum Gasteiger partial charge on any atom is -0.467 e. The van der Waals surface area contributed by atoms with Crippen LogP contribution >= 0.6 is 22.7 Å². The van der Waals surface area contributed by atoms with Gasteiger partial charge < -0.3 is 9.64 Å². The van der Waals surface area contributed by atoms with Gasteiger partial charge in [-0.15, -0.1) is 22.7 Å². The zero-order chi connectivity index (χ0) is 14.7. The van der Waals surface area contributed by atoms with Crippen molar-refractivity contribution < 1.29 is 9.53 Å². The molecule has 0 aromatic carbocycles. The molecular formula is C14H13N3O2S2. The minimum atomic E-state index is -0.0783. The lowest BCUT2D eigenvalue weighted by Gasteiger charge is -2.16. The third-order valence-electron chi connectivity index (χ3n) is 2.96. The van der Waals surface area contributed by atoms with Gasteiger partial charge in [0.05, 0.1) is 11.9 Å². The van der Waals surface area contributed by atoms with E-state index in [0.29, 0.717) is 12.4 Å². The highest BCUT2D eigenvalue weighted by Gasteiger charge is 2.13. The van der Waals surface area contributed by atoms with Crippen LogP contribution in [-0.2, 0) is 11.3 Å². The molecule has 0 saturated carbocycles. The number of rotatable bonds is 5. The van der Waals surface area contributed by atoms with E-state index < -0.39 is 0 Å². The maximum absolute atomic E-state index is 12.1. The normalized spacial score (nSPS) is 10.7. The molecule has 0 bridgehead atoms. The molecular weight excluding hydrogens is 306 g/mol. The molecule has 0 N–H and O–H groups in total. The Labute approximate surface area is 129 Å². The zero-order valence-corrected chi connectivity index (χ0v) is 13.0. The van der Waals surface area contributed by atoms with E-state index in [0.717, 1.165) is 15.1 Å². The highest BCUT2D eigenvalue weighted by atomic mass is 32.1. The van der Waals surface area contributed by atoms with Gasteiger partial charge in [-0.05, 0) is 22.9 Å². The summed E-state index contributed by atoms with van der Waals surface area (Å²) in [6.45, 7) is 0.571. The number of likely N-dealkylation sites (N-methyl/N-ethyl adjacent to an activating group) is 1. The van der Waals surface area contributed by atoms with Gasteiger partial charge in [0.1, 0.15) is 11.2 Å². The van der Waals surface area contributed by atoms with Crippen molar-refractivity contribution >= 4 is 38.8 Å². The molecule has 108 valence electrons. The van der Waals surface area contributed by atoms with Gasteiger partial charge in [-0.1, -0.05) is 6.07 Å². The number of carbonyl (C=O) groups excluding carboxylic acids is 1. The van der Waals surface area contributed by atoms with Crippen molar-refractivity contribution in [3.05, 3.63) is 40.2 Å². The van der Waals surface area contributed by atoms with Gasteiger partial charge in [0.25, 0.3) is 5.91 Å². The molecule has 21 heavy (non-hydrogen) atoms. The van der Waals surface area contributed by atoms with E-state index in [1.165, 1.54) is 17.7 Å². The van der Waals surface area contributed by atoms with Crippen LogP contribution in [0.3, 0.4) is 0 Å². The summed E-state index contributed by atoms with van der Waals surface area (Å²) in [5, 5.41) is 4.77. The molecule has 0 aliphatic rings. The fourth-order valence-corrected chi connectivity index (χ4v) is 3.33. The van der Waals surface area contributed by atoms with Crippen molar-refractivity contribution in [3.63, 3.8) is 0 Å². The Morgan fingerprint density at radius 1 is 1.29 bits per heavy atom. The molecule has 0 aliphatic heterocycles. The van der Waals surface area contributed by atoms with Crippen LogP contribution in [0.15, 0.2) is 35.3 Å². The average Bonchev–Trinajstić information content (AvgIpc) is 3.15. The fraction of sp³-hybridized carbons (Fsp3) is 0.214. The van der Waals surface area contributed by atoms with Crippen molar-refractivity contribution in [2.24, 2.45) is 0 Å². The van der Waals surface area contributed by atoms with E-state index in [9.17, 15) is 4.79 Å². The van der Waals surface area contributed by atoms with Gasteiger partial charge in [0.15, 0.2) is 6.61 Å². The van der Waals surface area contributed by atoms with Gasteiger partial charge >= 0.3 is 0 Å². The third kappa shape index (κ3) is 3.20. The summed E-state index contributed by atoms with van der Waals surface area (Å²) < 4.78 is 5.55. The number of fused-ring (bicyclic) bond motifs is 1. The fourth-order valence-electron chi connectivity index (χ4n) is 1.85. The van der Waals surface area contributed by atoms with Gasteiger partial charge in [0, 0.05) is 11.9 Å². The highest BCUT2D eigenvalue weighted by molar-refractivity contribution is 7.16. The van der Waals surface area contributed by atoms with E-state index in [-0.39, 0.29) is 12.5 Å². The number of nitrogens with zero attached hydrogens (tertiary/aromatic N) is 3. The molecule has 0 atom stereocenters. The molecule has 3 aromatic rings. The summed E-state index contributed by atoms with van der Waals surface area (Å²) in [5.41, 5.74) is 0. The quantitative estimate of drug-likeness (QED) is 0.725. The number of carbonyl (C=O) groups is 1. The Hall–Kier alpha value is -1.99. The third-order valence-corrected chi connectivity index (χ3v) is 4.64. The smallest absolute Gasteiger partial charge is 0.260 e. The minimum absolute atomic E-state index is 0.0240. The topological polar surface area (TPSA) is 55.3 Å². The molecule has 0 aliphatic carbocycles. The molecule has 3 heterocycles. The van der Waals surface area contributed by atoms with Crippen LogP contribution in [0.5, 0.6) is 5.88 Å². The molecule has 0 spiro atoms. The number of hydrogen-bond donors (Lipinski definition) is 0. The highest BCUT2D eigenvalue weighted by Crippen LogP contribution is 2.25. The van der Waals surface area contributed by atoms with Crippen LogP contribution in [-0.4, -0.2) is 34.4 Å². The largest absolute Gasteiger partial charge is 0.467 e. The Morgan fingerprint density at radius 3 is 3.00 bits per heavy atom. The summed E-state index contributed by atoms with van der Waals surface area (Å²) in [6.07, 6.45) is 1.45. The Balaban J connectivity index is 1.61. The Morgan fingerprint density at radius 2 is 2.19 bits per heavy atom. The first-order valence-electron chi connectivity index (χ1n) is 6.31. The van der Waals surface area contributed by atoms with Crippen LogP contribution in [0.2, 0.25) is 0 Å². The van der Waals surface area contributed by atoms with E-state index >= 15 is 0 Å². The first-order valence-corrected chi connectivity index (χ1v) is 8.07. The van der Waals surface area contributed by atoms with Crippen molar-refractivity contribution in [1.82, 2.24) is 14.9 Å². The van der Waals surface area contributed by atoms with E-state index in [2.05, 4.69) is 9.97 Å². The van der Waals surface area contributed by atoms with Crippen LogP contribution in [0.25, 0.3) is 10.2 Å². The second-order valence-corrected chi connectivity index (χ2v) is 6.36. The second kappa shape index (κ2) is 6.19. The maximum Gasteiger partial charge on any atom is 0.260 e. The van der Waals surface area contributed by atoms with Crippen LogP contribution < -0.4 is 4.74 Å². The van der Waals surface area contributed by atoms with Crippen molar-refractivity contribution in [2.45, 2.75) is 6.54 Å². The molecule has 5 nitrogen and oxygen atoms in total. The summed E-state index contributed by atoms with van der Waals surface area (Å²) in [5.74, 6) is 0.379. The van der Waals surface area contributed by atoms with Crippen LogP contribution in [0, 0.1) is 0 Å². The second-order valence-electron chi connectivity index (χ2n) is 4.44. The lowest BCUT2D eigenvalue weighted by Crippen LogP contribution is -2.30. The summed E-state index contributed by atoms with van der Waals surface area (Å²) in [7, 11) is 1.77. The molecule has 0 unspecified atom stereocenters. The van der Waals surface area contributed by atoms with E-state index in [1.807, 2.05) is 29.0 Å². The van der Waals surface area contributed by atoms with Crippen LogP contribution in [0.4, 0.5) is 0 Å². The predicted octanol–water partition coefficient (Wildman–Crippen LogP) is 2.79. The number of thiophene rings is 2. The standard InChI is InChI=1S/C14H13N3O2S2/c1-17(7-10-3-2-5-20-10)12(18)8-19-13-11-4-6-21-14(11)16-9-15-13/h2-6,9H,7-8H2,1H3. The van der Waals surface area contributed by atoms with Crippen molar-refractivity contribution in [2.75, 3.05) is 13.7 Å². The number of ether oxygens (including phenoxy) is 1. The summed E-state index contributed by atoms with van der Waals surface area (Å²) in [4.78, 5) is 24.0. The Bertz CT molecular complexity index is 740. The van der Waals surface area contributed by atoms with Crippen molar-refractivity contribution in [1.29, 1.82) is 0 Å². The first-order chi connectivity index (χ1) is 10.2. The number of amides is 1. The van der Waals surface area contributed by atoms with Gasteiger partial charge in [-0.25, -0.2) is 9.97 Å². The predicted molar refractivity (Wildman–Crippen MR) is 83.7 cm³/mol. The number of hydrogen-bond acceptors (Lipinski definition) is 6. The van der Waals surface area contributed by atoms with E-state index in [1.54, 1.807) is 23.3 Å². The zero-order valence-electron chi connectivity index (χ0n) is 11.4. The van der Waals surface area contributed by atoms with Gasteiger partial charge in [-0.2, -0.15) is 0 Å². The Kier molecular flexibility index (Phi) is 4.12. The molecule has 1 amide bonds. The van der Waals surface area contributed by atoms with Gasteiger partial charge in [-0.3, -0.25) is 4.79 Å². The SMILES string of the molecule is CN(Cc1cccs1)C(=O)COc1ncnc2sccc12. The monoisotopic (exact) mass is 319 g/mol. The number of aromatic nitrogens is 2. The molecule has 0 saturated heterocycles. The van der Waals surface area contributed by atoms with Crippen molar-refractivity contribution in [3.8, 4) is 5.88 Å². The first kappa shape index (κ1) is 14.0. The van der Waals surface area contributed by atoms with Crippen LogP contribution in [0.1, 0.15) is 4.88 Å². The molecule has 0 fully saturated rings. The molecule has 3 rings (SSSR count). The maximum atomic E-state index is 12.1.